The van der Waals surface area contributed by atoms with E-state index in [1.54, 1.807) is 18.2 Å². The van der Waals surface area contributed by atoms with Gasteiger partial charge in [-0.05, 0) is 37.5 Å². The molecule has 3 rings (SSSR count). The van der Waals surface area contributed by atoms with E-state index in [0.717, 1.165) is 10.2 Å². The van der Waals surface area contributed by atoms with E-state index in [0.29, 0.717) is 30.0 Å². The normalized spacial score (nSPS) is 21.5. The second-order valence-corrected chi connectivity index (χ2v) is 6.32. The third kappa shape index (κ3) is 2.82. The molecule has 6 nitrogen and oxygen atoms in total. The number of anilines is 1. The fourth-order valence-corrected chi connectivity index (χ4v) is 3.46. The maximum Gasteiger partial charge on any atom is 0.306 e. The van der Waals surface area contributed by atoms with Gasteiger partial charge in [0.2, 0.25) is 0 Å². The molecule has 0 aliphatic heterocycles. The van der Waals surface area contributed by atoms with Crippen molar-refractivity contribution in [2.24, 2.45) is 5.92 Å². The van der Waals surface area contributed by atoms with Crippen molar-refractivity contribution in [3.63, 3.8) is 0 Å². The summed E-state index contributed by atoms with van der Waals surface area (Å²) in [5.41, 5.74) is 6.97. The monoisotopic (exact) mass is 305 g/mol. The fraction of sp³-hybridized carbons (Fsp3) is 0.357. The molecule has 1 aliphatic carbocycles. The molecule has 110 valence electrons. The van der Waals surface area contributed by atoms with Crippen molar-refractivity contribution in [1.82, 2.24) is 10.3 Å². The second kappa shape index (κ2) is 5.33. The molecule has 1 heterocycles. The summed E-state index contributed by atoms with van der Waals surface area (Å²) in [7, 11) is 0. The molecule has 2 aromatic rings. The minimum absolute atomic E-state index is 0.0687. The van der Waals surface area contributed by atoms with Gasteiger partial charge in [0, 0.05) is 11.6 Å². The SMILES string of the molecule is Nc1nc2ccc(C(=O)NC3CCC(C(=O)O)C3)cc2s1. The quantitative estimate of drug-likeness (QED) is 0.802. The predicted molar refractivity (Wildman–Crippen MR) is 80.3 cm³/mol. The second-order valence-electron chi connectivity index (χ2n) is 5.25. The maximum atomic E-state index is 12.2. The van der Waals surface area contributed by atoms with Crippen LogP contribution in [0.1, 0.15) is 29.6 Å². The highest BCUT2D eigenvalue weighted by atomic mass is 32.1. The van der Waals surface area contributed by atoms with Gasteiger partial charge < -0.3 is 16.2 Å². The molecule has 0 radical (unpaired) electrons. The Morgan fingerprint density at radius 2 is 2.19 bits per heavy atom. The summed E-state index contributed by atoms with van der Waals surface area (Å²) in [4.78, 5) is 27.3. The lowest BCUT2D eigenvalue weighted by atomic mass is 10.1. The van der Waals surface area contributed by atoms with E-state index in [9.17, 15) is 9.59 Å². The number of carboxylic acids is 1. The molecule has 1 saturated carbocycles. The van der Waals surface area contributed by atoms with Crippen LogP contribution in [0.15, 0.2) is 18.2 Å². The third-order valence-electron chi connectivity index (χ3n) is 3.78. The van der Waals surface area contributed by atoms with Crippen molar-refractivity contribution in [2.45, 2.75) is 25.3 Å². The molecule has 0 bridgehead atoms. The molecule has 4 N–H and O–H groups in total. The van der Waals surface area contributed by atoms with E-state index >= 15 is 0 Å². The zero-order valence-electron chi connectivity index (χ0n) is 11.2. The molecule has 1 aliphatic rings. The van der Waals surface area contributed by atoms with Crippen LogP contribution in [0.5, 0.6) is 0 Å². The van der Waals surface area contributed by atoms with Crippen molar-refractivity contribution in [2.75, 3.05) is 5.73 Å². The summed E-state index contributed by atoms with van der Waals surface area (Å²) in [6.07, 6.45) is 1.82. The van der Waals surface area contributed by atoms with Gasteiger partial charge in [-0.15, -0.1) is 0 Å². The number of nitrogen functional groups attached to an aromatic ring is 1. The highest BCUT2D eigenvalue weighted by Gasteiger charge is 2.30. The molecule has 1 aromatic heterocycles. The number of carbonyl (C=O) groups excluding carboxylic acids is 1. The Hall–Kier alpha value is -2.15. The number of amides is 1. The summed E-state index contributed by atoms with van der Waals surface area (Å²) < 4.78 is 0.870. The Morgan fingerprint density at radius 1 is 1.38 bits per heavy atom. The molecular weight excluding hydrogens is 290 g/mol. The Morgan fingerprint density at radius 3 is 2.90 bits per heavy atom. The Kier molecular flexibility index (Phi) is 3.50. The average molecular weight is 305 g/mol. The number of aromatic nitrogens is 1. The summed E-state index contributed by atoms with van der Waals surface area (Å²) in [5, 5.41) is 12.3. The topological polar surface area (TPSA) is 105 Å². The van der Waals surface area contributed by atoms with E-state index in [1.165, 1.54) is 11.3 Å². The maximum absolute atomic E-state index is 12.2. The molecule has 0 saturated heterocycles. The van der Waals surface area contributed by atoms with Crippen LogP contribution in [0, 0.1) is 5.92 Å². The predicted octanol–water partition coefficient (Wildman–Crippen LogP) is 1.86. The molecule has 0 spiro atoms. The largest absolute Gasteiger partial charge is 0.481 e. The van der Waals surface area contributed by atoms with E-state index in [4.69, 9.17) is 10.8 Å². The number of nitrogens with two attached hydrogens (primary N) is 1. The standard InChI is InChI=1S/C14H15N3O3S/c15-14-17-10-4-2-7(6-11(10)21-14)12(18)16-9-3-1-8(5-9)13(19)20/h2,4,6,8-9H,1,3,5H2,(H2,15,17)(H,16,18)(H,19,20). The van der Waals surface area contributed by atoms with Gasteiger partial charge in [0.15, 0.2) is 5.13 Å². The number of nitrogens with one attached hydrogen (secondary N) is 1. The van der Waals surface area contributed by atoms with E-state index in [1.807, 2.05) is 0 Å². The van der Waals surface area contributed by atoms with Gasteiger partial charge >= 0.3 is 5.97 Å². The van der Waals surface area contributed by atoms with Crippen LogP contribution in [0.2, 0.25) is 0 Å². The van der Waals surface area contributed by atoms with Crippen molar-refractivity contribution in [3.8, 4) is 0 Å². The molecule has 1 fully saturated rings. The molecule has 21 heavy (non-hydrogen) atoms. The van der Waals surface area contributed by atoms with Crippen LogP contribution in [-0.4, -0.2) is 28.0 Å². The van der Waals surface area contributed by atoms with E-state index in [-0.39, 0.29) is 17.9 Å². The molecular formula is C14H15N3O3S. The minimum atomic E-state index is -0.784. The third-order valence-corrected chi connectivity index (χ3v) is 4.63. The number of carboxylic acid groups (broad SMARTS) is 1. The van der Waals surface area contributed by atoms with Crippen LogP contribution < -0.4 is 11.1 Å². The Balaban J connectivity index is 1.71. The van der Waals surface area contributed by atoms with Crippen molar-refractivity contribution >= 4 is 38.6 Å². The molecule has 1 amide bonds. The molecule has 1 aromatic carbocycles. The zero-order chi connectivity index (χ0) is 15.0. The van der Waals surface area contributed by atoms with Crippen LogP contribution in [-0.2, 0) is 4.79 Å². The van der Waals surface area contributed by atoms with Crippen molar-refractivity contribution in [3.05, 3.63) is 23.8 Å². The van der Waals surface area contributed by atoms with Gasteiger partial charge in [0.25, 0.3) is 5.91 Å². The number of hydrogen-bond acceptors (Lipinski definition) is 5. The summed E-state index contributed by atoms with van der Waals surface area (Å²) in [5.74, 6) is -1.31. The summed E-state index contributed by atoms with van der Waals surface area (Å²) in [6, 6.07) is 5.18. The number of carbonyl (C=O) groups is 2. The van der Waals surface area contributed by atoms with Crippen LogP contribution >= 0.6 is 11.3 Å². The van der Waals surface area contributed by atoms with Crippen LogP contribution in [0.25, 0.3) is 10.2 Å². The van der Waals surface area contributed by atoms with Gasteiger partial charge in [-0.1, -0.05) is 11.3 Å². The highest BCUT2D eigenvalue weighted by Crippen LogP contribution is 2.27. The first kappa shape index (κ1) is 13.8. The number of benzene rings is 1. The summed E-state index contributed by atoms with van der Waals surface area (Å²) in [6.45, 7) is 0. The van der Waals surface area contributed by atoms with Gasteiger partial charge in [-0.2, -0.15) is 0 Å². The number of hydrogen-bond donors (Lipinski definition) is 3. The fourth-order valence-electron chi connectivity index (χ4n) is 2.69. The first-order valence-electron chi connectivity index (χ1n) is 6.72. The average Bonchev–Trinajstić information content (AvgIpc) is 3.02. The van der Waals surface area contributed by atoms with E-state index < -0.39 is 5.97 Å². The van der Waals surface area contributed by atoms with Gasteiger partial charge in [-0.25, -0.2) is 4.98 Å². The lowest BCUT2D eigenvalue weighted by Crippen LogP contribution is -2.33. The number of aliphatic carboxylic acids is 1. The first-order chi connectivity index (χ1) is 10.0. The molecule has 7 heteroatoms. The first-order valence-corrected chi connectivity index (χ1v) is 7.54. The van der Waals surface area contributed by atoms with Gasteiger partial charge in [0.05, 0.1) is 16.1 Å². The van der Waals surface area contributed by atoms with E-state index in [2.05, 4.69) is 10.3 Å². The van der Waals surface area contributed by atoms with Crippen LogP contribution in [0.3, 0.4) is 0 Å². The zero-order valence-corrected chi connectivity index (χ0v) is 12.0. The number of nitrogens with zero attached hydrogens (tertiary/aromatic N) is 1. The van der Waals surface area contributed by atoms with Gasteiger partial charge in [0.1, 0.15) is 0 Å². The van der Waals surface area contributed by atoms with Gasteiger partial charge in [-0.3, -0.25) is 9.59 Å². The number of thiazole rings is 1. The minimum Gasteiger partial charge on any atom is -0.481 e. The summed E-state index contributed by atoms with van der Waals surface area (Å²) >= 11 is 1.34. The van der Waals surface area contributed by atoms with Crippen LogP contribution in [0.4, 0.5) is 5.13 Å². The lowest BCUT2D eigenvalue weighted by Gasteiger charge is -2.12. The Bertz CT molecular complexity index is 713. The smallest absolute Gasteiger partial charge is 0.306 e. The number of rotatable bonds is 3. The molecule has 2 unspecified atom stereocenters. The van der Waals surface area contributed by atoms with Crippen molar-refractivity contribution in [1.29, 1.82) is 0 Å². The number of fused-ring (bicyclic) bond motifs is 1. The highest BCUT2D eigenvalue weighted by molar-refractivity contribution is 7.22. The lowest BCUT2D eigenvalue weighted by molar-refractivity contribution is -0.141. The van der Waals surface area contributed by atoms with Crippen molar-refractivity contribution < 1.29 is 14.7 Å². The Labute approximate surface area is 125 Å². The molecule has 2 atom stereocenters.